The number of amides is 3. The van der Waals surface area contributed by atoms with Gasteiger partial charge in [0.05, 0.1) is 11.4 Å². The summed E-state index contributed by atoms with van der Waals surface area (Å²) in [7, 11) is 0. The molecule has 3 aromatic rings. The molecule has 1 saturated heterocycles. The third-order valence-electron chi connectivity index (χ3n) is 4.92. The van der Waals surface area contributed by atoms with Gasteiger partial charge in [-0.25, -0.2) is 0 Å². The summed E-state index contributed by atoms with van der Waals surface area (Å²) in [5.41, 5.74) is 3.42. The second kappa shape index (κ2) is 10.2. The summed E-state index contributed by atoms with van der Waals surface area (Å²) in [5, 5.41) is 2.46. The molecule has 0 aliphatic carbocycles. The number of imide groups is 1. The van der Waals surface area contributed by atoms with Crippen molar-refractivity contribution in [3.63, 3.8) is 0 Å². The molecule has 0 aromatic heterocycles. The number of rotatable bonds is 7. The number of aryl methyl sites for hydroxylation is 1. The van der Waals surface area contributed by atoms with Crippen LogP contribution in [-0.2, 0) is 16.1 Å². The number of hydrogen-bond acceptors (Lipinski definition) is 5. The first-order chi connectivity index (χ1) is 16.0. The highest BCUT2D eigenvalue weighted by Gasteiger charge is 2.34. The van der Waals surface area contributed by atoms with Gasteiger partial charge in [0, 0.05) is 5.69 Å². The maximum atomic E-state index is 12.8. The van der Waals surface area contributed by atoms with E-state index in [4.69, 9.17) is 4.74 Å². The van der Waals surface area contributed by atoms with Gasteiger partial charge in [0.2, 0.25) is 0 Å². The molecule has 3 amide bonds. The normalized spacial score (nSPS) is 14.6. The lowest BCUT2D eigenvalue weighted by Gasteiger charge is -2.12. The summed E-state index contributed by atoms with van der Waals surface area (Å²) in [6, 6.07) is 23.9. The van der Waals surface area contributed by atoms with Gasteiger partial charge in [-0.05, 0) is 60.2 Å². The van der Waals surface area contributed by atoms with E-state index in [9.17, 15) is 14.4 Å². The topological polar surface area (TPSA) is 75.7 Å². The van der Waals surface area contributed by atoms with Crippen molar-refractivity contribution < 1.29 is 19.1 Å². The molecule has 0 bridgehead atoms. The predicted octanol–water partition coefficient (Wildman–Crippen LogP) is 5.25. The zero-order chi connectivity index (χ0) is 23.2. The first kappa shape index (κ1) is 22.4. The van der Waals surface area contributed by atoms with E-state index in [1.807, 2.05) is 55.5 Å². The van der Waals surface area contributed by atoms with E-state index in [1.165, 1.54) is 4.90 Å². The van der Waals surface area contributed by atoms with Crippen molar-refractivity contribution in [2.45, 2.75) is 13.5 Å². The van der Waals surface area contributed by atoms with Crippen molar-refractivity contribution in [3.05, 3.63) is 100 Å². The summed E-state index contributed by atoms with van der Waals surface area (Å²) >= 11 is 0.918. The molecule has 1 aliphatic rings. The predicted molar refractivity (Wildman–Crippen MR) is 130 cm³/mol. The van der Waals surface area contributed by atoms with E-state index in [-0.39, 0.29) is 30.2 Å². The second-order valence-electron chi connectivity index (χ2n) is 7.53. The monoisotopic (exact) mass is 458 g/mol. The van der Waals surface area contributed by atoms with Crippen LogP contribution < -0.4 is 10.1 Å². The molecule has 1 N–H and O–H groups in total. The number of nitrogens with zero attached hydrogens (tertiary/aromatic N) is 1. The Kier molecular flexibility index (Phi) is 6.90. The molecule has 1 heterocycles. The molecule has 4 rings (SSSR count). The van der Waals surface area contributed by atoms with Crippen molar-refractivity contribution in [2.75, 3.05) is 11.9 Å². The average molecular weight is 459 g/mol. The van der Waals surface area contributed by atoms with Gasteiger partial charge in [-0.1, -0.05) is 60.2 Å². The summed E-state index contributed by atoms with van der Waals surface area (Å²) in [4.78, 5) is 38.9. The second-order valence-corrected chi connectivity index (χ2v) is 8.52. The highest BCUT2D eigenvalue weighted by Crippen LogP contribution is 2.33. The van der Waals surface area contributed by atoms with E-state index < -0.39 is 0 Å². The van der Waals surface area contributed by atoms with Crippen molar-refractivity contribution in [1.82, 2.24) is 4.90 Å². The number of carbonyl (C=O) groups is 3. The maximum absolute atomic E-state index is 12.8. The Hall–Kier alpha value is -3.84. The Morgan fingerprint density at radius 3 is 2.52 bits per heavy atom. The number of hydrogen-bond donors (Lipinski definition) is 1. The van der Waals surface area contributed by atoms with E-state index in [0.717, 1.165) is 22.9 Å². The molecule has 0 saturated carbocycles. The molecule has 0 unspecified atom stereocenters. The fourth-order valence-corrected chi connectivity index (χ4v) is 4.06. The van der Waals surface area contributed by atoms with Crippen LogP contribution in [0.2, 0.25) is 0 Å². The molecule has 0 atom stereocenters. The first-order valence-corrected chi connectivity index (χ1v) is 11.2. The molecule has 0 radical (unpaired) electrons. The maximum Gasteiger partial charge on any atom is 0.293 e. The highest BCUT2D eigenvalue weighted by molar-refractivity contribution is 8.18. The van der Waals surface area contributed by atoms with Crippen molar-refractivity contribution in [3.8, 4) is 5.75 Å². The minimum absolute atomic E-state index is 0.147. The van der Waals surface area contributed by atoms with Gasteiger partial charge in [-0.2, -0.15) is 0 Å². The summed E-state index contributed by atoms with van der Waals surface area (Å²) in [6.07, 6.45) is 1.66. The number of carbonyl (C=O) groups excluding carboxylic acids is 3. The highest BCUT2D eigenvalue weighted by atomic mass is 32.2. The Balaban J connectivity index is 1.39. The van der Waals surface area contributed by atoms with Gasteiger partial charge in [0.1, 0.15) is 5.75 Å². The van der Waals surface area contributed by atoms with Crippen molar-refractivity contribution in [2.24, 2.45) is 0 Å². The van der Waals surface area contributed by atoms with E-state index in [2.05, 4.69) is 5.32 Å². The quantitative estimate of drug-likeness (QED) is 0.490. The Morgan fingerprint density at radius 1 is 1.00 bits per heavy atom. The molecular weight excluding hydrogens is 436 g/mol. The fraction of sp³-hybridized carbons (Fsp3) is 0.115. The molecular formula is C26H22N2O4S. The van der Waals surface area contributed by atoms with Gasteiger partial charge >= 0.3 is 0 Å². The standard InChI is InChI=1S/C26H22N2O4S/c1-18-10-12-19(13-11-18)16-28-25(30)23(33-26(28)31)15-20-6-5-9-22(14-20)32-17-24(29)27-21-7-3-2-4-8-21/h2-15H,16-17H2,1H3,(H,27,29)/b23-15-. The van der Waals surface area contributed by atoms with Crippen LogP contribution in [0.15, 0.2) is 83.8 Å². The van der Waals surface area contributed by atoms with Gasteiger partial charge < -0.3 is 10.1 Å². The smallest absolute Gasteiger partial charge is 0.293 e. The van der Waals surface area contributed by atoms with Gasteiger partial charge in [-0.3, -0.25) is 19.3 Å². The summed E-state index contributed by atoms with van der Waals surface area (Å²) < 4.78 is 5.59. The number of benzene rings is 3. The lowest BCUT2D eigenvalue weighted by Crippen LogP contribution is -2.27. The fourth-order valence-electron chi connectivity index (χ4n) is 3.23. The lowest BCUT2D eigenvalue weighted by molar-refractivity contribution is -0.123. The number of thioether (sulfide) groups is 1. The van der Waals surface area contributed by atoms with Crippen LogP contribution in [0.4, 0.5) is 10.5 Å². The number of ether oxygens (including phenoxy) is 1. The minimum Gasteiger partial charge on any atom is -0.484 e. The number of nitrogens with one attached hydrogen (secondary N) is 1. The van der Waals surface area contributed by atoms with Crippen LogP contribution >= 0.6 is 11.8 Å². The van der Waals surface area contributed by atoms with Crippen LogP contribution in [0, 0.1) is 6.92 Å². The third-order valence-corrected chi connectivity index (χ3v) is 5.83. The van der Waals surface area contributed by atoms with Crippen molar-refractivity contribution >= 4 is 40.6 Å². The Morgan fingerprint density at radius 2 is 1.76 bits per heavy atom. The molecule has 1 aliphatic heterocycles. The zero-order valence-electron chi connectivity index (χ0n) is 18.0. The molecule has 0 spiro atoms. The van der Waals surface area contributed by atoms with Gasteiger partial charge in [0.25, 0.3) is 17.1 Å². The van der Waals surface area contributed by atoms with Crippen molar-refractivity contribution in [1.29, 1.82) is 0 Å². The minimum atomic E-state index is -0.320. The third kappa shape index (κ3) is 5.90. The molecule has 1 fully saturated rings. The first-order valence-electron chi connectivity index (χ1n) is 10.4. The molecule has 33 heavy (non-hydrogen) atoms. The number of para-hydroxylation sites is 1. The largest absolute Gasteiger partial charge is 0.484 e. The van der Waals surface area contributed by atoms with E-state index >= 15 is 0 Å². The van der Waals surface area contributed by atoms with Crippen LogP contribution in [0.5, 0.6) is 5.75 Å². The van der Waals surface area contributed by atoms with Gasteiger partial charge in [-0.15, -0.1) is 0 Å². The summed E-state index contributed by atoms with van der Waals surface area (Å²) in [6.45, 7) is 2.08. The van der Waals surface area contributed by atoms with E-state index in [1.54, 1.807) is 36.4 Å². The summed E-state index contributed by atoms with van der Waals surface area (Å²) in [5.74, 6) is -0.103. The van der Waals surface area contributed by atoms with Crippen LogP contribution in [-0.4, -0.2) is 28.6 Å². The molecule has 7 heteroatoms. The lowest BCUT2D eigenvalue weighted by atomic mass is 10.1. The van der Waals surface area contributed by atoms with Crippen LogP contribution in [0.3, 0.4) is 0 Å². The zero-order valence-corrected chi connectivity index (χ0v) is 18.8. The van der Waals surface area contributed by atoms with E-state index in [0.29, 0.717) is 21.9 Å². The Bertz CT molecular complexity index is 1210. The van der Waals surface area contributed by atoms with Crippen LogP contribution in [0.1, 0.15) is 16.7 Å². The molecule has 3 aromatic carbocycles. The SMILES string of the molecule is Cc1ccc(CN2C(=O)S/C(=C\c3cccc(OCC(=O)Nc4ccccc4)c3)C2=O)cc1. The number of anilines is 1. The Labute approximate surface area is 196 Å². The van der Waals surface area contributed by atoms with Crippen LogP contribution in [0.25, 0.3) is 6.08 Å². The average Bonchev–Trinajstić information content (AvgIpc) is 3.07. The molecule has 166 valence electrons. The van der Waals surface area contributed by atoms with Gasteiger partial charge in [0.15, 0.2) is 6.61 Å². The molecule has 6 nitrogen and oxygen atoms in total.